The van der Waals surface area contributed by atoms with Crippen LogP contribution in [0.1, 0.15) is 24.4 Å². The van der Waals surface area contributed by atoms with E-state index in [9.17, 15) is 4.79 Å². The summed E-state index contributed by atoms with van der Waals surface area (Å²) in [5.74, 6) is -0.0224. The number of amides is 1. The highest BCUT2D eigenvalue weighted by molar-refractivity contribution is 6.76. The van der Waals surface area contributed by atoms with E-state index in [4.69, 9.17) is 34.8 Å². The van der Waals surface area contributed by atoms with E-state index in [-0.39, 0.29) is 18.4 Å². The second kappa shape index (κ2) is 7.52. The highest BCUT2D eigenvalue weighted by atomic mass is 35.6. The van der Waals surface area contributed by atoms with Crippen LogP contribution in [0.15, 0.2) is 42.1 Å². The molecule has 1 aromatic rings. The van der Waals surface area contributed by atoms with Gasteiger partial charge in [-0.1, -0.05) is 71.2 Å². The molecule has 3 aliphatic heterocycles. The second-order valence-corrected chi connectivity index (χ2v) is 8.01. The third-order valence-electron chi connectivity index (χ3n) is 4.27. The van der Waals surface area contributed by atoms with Crippen molar-refractivity contribution in [1.29, 1.82) is 0 Å². The zero-order valence-electron chi connectivity index (χ0n) is 12.3. The summed E-state index contributed by atoms with van der Waals surface area (Å²) in [6.45, 7) is 2.03. The normalized spacial score (nSPS) is 18.9. The third-order valence-corrected chi connectivity index (χ3v) is 4.79. The molecule has 1 N–H and O–H groups in total. The number of benzene rings is 1. The summed E-state index contributed by atoms with van der Waals surface area (Å²) in [5.41, 5.74) is 2.10. The van der Waals surface area contributed by atoms with Crippen molar-refractivity contribution >= 4 is 53.1 Å². The summed E-state index contributed by atoms with van der Waals surface area (Å²) in [5, 5.41) is 2.88. The summed E-state index contributed by atoms with van der Waals surface area (Å²) in [4.78, 5) is 14.5. The van der Waals surface area contributed by atoms with Gasteiger partial charge < -0.3 is 10.2 Å². The first-order valence-electron chi connectivity index (χ1n) is 7.34. The molecular formula is C16H18Cl4N2O. The number of hydrogen-bond acceptors (Lipinski definition) is 2. The van der Waals surface area contributed by atoms with Gasteiger partial charge in [-0.15, -0.1) is 12.4 Å². The number of carbonyl (C=O) groups is 1. The highest BCUT2D eigenvalue weighted by Crippen LogP contribution is 2.37. The number of hydrogen-bond donors (Lipinski definition) is 1. The average molecular weight is 396 g/mol. The minimum atomic E-state index is -1.96. The number of fused-ring (bicyclic) bond motifs is 2. The smallest absolute Gasteiger partial charge is 0.272 e. The fourth-order valence-corrected chi connectivity index (χ4v) is 3.30. The van der Waals surface area contributed by atoms with Crippen molar-refractivity contribution in [2.45, 2.75) is 22.7 Å². The van der Waals surface area contributed by atoms with Crippen LogP contribution in [0.2, 0.25) is 0 Å². The van der Waals surface area contributed by atoms with Crippen molar-refractivity contribution in [2.75, 3.05) is 13.1 Å². The van der Waals surface area contributed by atoms with Crippen LogP contribution in [0.3, 0.4) is 0 Å². The maximum absolute atomic E-state index is 12.1. The molecule has 1 atom stereocenters. The molecular weight excluding hydrogens is 378 g/mol. The number of piperidine rings is 1. The maximum atomic E-state index is 12.1. The Balaban J connectivity index is 0.00000192. The number of allylic oxidation sites excluding steroid dienone is 1. The van der Waals surface area contributed by atoms with E-state index >= 15 is 0 Å². The van der Waals surface area contributed by atoms with Crippen molar-refractivity contribution in [3.05, 3.63) is 47.7 Å². The van der Waals surface area contributed by atoms with E-state index in [1.165, 1.54) is 12.8 Å². The first kappa shape index (κ1) is 18.7. The van der Waals surface area contributed by atoms with Crippen molar-refractivity contribution in [1.82, 2.24) is 10.2 Å². The molecule has 0 unspecified atom stereocenters. The third kappa shape index (κ3) is 4.27. The van der Waals surface area contributed by atoms with Gasteiger partial charge in [-0.05, 0) is 24.3 Å². The van der Waals surface area contributed by atoms with E-state index in [0.29, 0.717) is 5.92 Å². The minimum Gasteiger partial charge on any atom is -0.373 e. The van der Waals surface area contributed by atoms with Gasteiger partial charge in [0.2, 0.25) is 0 Å². The lowest BCUT2D eigenvalue weighted by Gasteiger charge is -2.43. The number of alkyl halides is 3. The number of carbonyl (C=O) groups excluding carboxylic acids is 1. The minimum absolute atomic E-state index is 0. The molecule has 23 heavy (non-hydrogen) atoms. The van der Waals surface area contributed by atoms with E-state index < -0.39 is 9.70 Å². The Morgan fingerprint density at radius 3 is 2.26 bits per heavy atom. The van der Waals surface area contributed by atoms with E-state index in [1.807, 2.05) is 30.3 Å². The molecule has 1 amide bonds. The van der Waals surface area contributed by atoms with Crippen LogP contribution >= 0.6 is 47.2 Å². The molecule has 0 aromatic heterocycles. The molecule has 3 aliphatic rings. The van der Waals surface area contributed by atoms with E-state index in [2.05, 4.69) is 16.3 Å². The standard InChI is InChI=1S/C16H17Cl3N2O.ClH/c17-16(18,19)15(22)20-14(12-4-2-1-3-5-12)13-10-11-6-8-21(13)9-7-11;/h1-5,10-11,14H,6-9H2,(H,20,22);1H/t14-;/m0./s1. The van der Waals surface area contributed by atoms with Crippen molar-refractivity contribution in [2.24, 2.45) is 5.92 Å². The molecule has 126 valence electrons. The molecule has 3 heterocycles. The molecule has 7 heteroatoms. The molecule has 1 aromatic carbocycles. The van der Waals surface area contributed by atoms with E-state index in [0.717, 1.165) is 24.4 Å². The average Bonchev–Trinajstić information content (AvgIpc) is 2.53. The summed E-state index contributed by atoms with van der Waals surface area (Å²) in [6.07, 6.45) is 4.59. The first-order chi connectivity index (χ1) is 10.4. The lowest BCUT2D eigenvalue weighted by Crippen LogP contribution is -2.45. The van der Waals surface area contributed by atoms with Gasteiger partial charge in [-0.3, -0.25) is 4.79 Å². The number of halogens is 4. The molecule has 4 rings (SSSR count). The molecule has 0 aliphatic carbocycles. The zero-order chi connectivity index (χ0) is 15.7. The van der Waals surface area contributed by atoms with Crippen LogP contribution in [0, 0.1) is 5.92 Å². The second-order valence-electron chi connectivity index (χ2n) is 5.73. The van der Waals surface area contributed by atoms with Gasteiger partial charge in [0.1, 0.15) is 0 Å². The molecule has 3 nitrogen and oxygen atoms in total. The van der Waals surface area contributed by atoms with Crippen LogP contribution in [0.25, 0.3) is 0 Å². The predicted molar refractivity (Wildman–Crippen MR) is 97.2 cm³/mol. The SMILES string of the molecule is Cl.O=C(N[C@H](C1=CC2CCN1CC2)c1ccccc1)C(Cl)(Cl)Cl. The lowest BCUT2D eigenvalue weighted by atomic mass is 9.87. The Hall–Kier alpha value is -0.610. The van der Waals surface area contributed by atoms with Gasteiger partial charge in [0, 0.05) is 18.8 Å². The molecule has 0 saturated carbocycles. The molecule has 0 spiro atoms. The zero-order valence-corrected chi connectivity index (χ0v) is 15.4. The predicted octanol–water partition coefficient (Wildman–Crippen LogP) is 4.25. The van der Waals surface area contributed by atoms with Crippen LogP contribution in [-0.2, 0) is 4.79 Å². The van der Waals surface area contributed by atoms with Crippen LogP contribution in [0.5, 0.6) is 0 Å². The van der Waals surface area contributed by atoms with Gasteiger partial charge in [0.15, 0.2) is 0 Å². The number of rotatable bonds is 3. The summed E-state index contributed by atoms with van der Waals surface area (Å²) < 4.78 is -1.96. The van der Waals surface area contributed by atoms with E-state index in [1.54, 1.807) is 0 Å². The monoisotopic (exact) mass is 394 g/mol. The Bertz CT molecular complexity index is 577. The van der Waals surface area contributed by atoms with Crippen molar-refractivity contribution < 1.29 is 4.79 Å². The highest BCUT2D eigenvalue weighted by Gasteiger charge is 2.36. The van der Waals surface area contributed by atoms with Gasteiger partial charge >= 0.3 is 0 Å². The summed E-state index contributed by atoms with van der Waals surface area (Å²) in [7, 11) is 0. The molecule has 2 bridgehead atoms. The maximum Gasteiger partial charge on any atom is 0.272 e. The van der Waals surface area contributed by atoms with Crippen LogP contribution in [0.4, 0.5) is 0 Å². The number of nitrogens with zero attached hydrogens (tertiary/aromatic N) is 1. The van der Waals surface area contributed by atoms with Gasteiger partial charge in [-0.2, -0.15) is 0 Å². The molecule has 1 fully saturated rings. The molecule has 1 saturated heterocycles. The quantitative estimate of drug-likeness (QED) is 0.776. The Labute approximate surface area is 157 Å². The molecule has 0 radical (unpaired) electrons. The first-order valence-corrected chi connectivity index (χ1v) is 8.48. The number of nitrogens with one attached hydrogen (secondary N) is 1. The summed E-state index contributed by atoms with van der Waals surface area (Å²) >= 11 is 17.2. The van der Waals surface area contributed by atoms with Crippen molar-refractivity contribution in [3.63, 3.8) is 0 Å². The van der Waals surface area contributed by atoms with Gasteiger partial charge in [0.05, 0.1) is 6.04 Å². The summed E-state index contributed by atoms with van der Waals surface area (Å²) in [6, 6.07) is 9.51. The lowest BCUT2D eigenvalue weighted by molar-refractivity contribution is -0.120. The van der Waals surface area contributed by atoms with Gasteiger partial charge in [-0.25, -0.2) is 0 Å². The fraction of sp³-hybridized carbons (Fsp3) is 0.438. The fourth-order valence-electron chi connectivity index (χ4n) is 3.14. The Morgan fingerprint density at radius 2 is 1.78 bits per heavy atom. The van der Waals surface area contributed by atoms with Crippen molar-refractivity contribution in [3.8, 4) is 0 Å². The van der Waals surface area contributed by atoms with Crippen LogP contribution < -0.4 is 5.32 Å². The van der Waals surface area contributed by atoms with Crippen LogP contribution in [-0.4, -0.2) is 27.7 Å². The Kier molecular flexibility index (Phi) is 6.12. The van der Waals surface area contributed by atoms with Gasteiger partial charge in [0.25, 0.3) is 9.70 Å². The Morgan fingerprint density at radius 1 is 1.17 bits per heavy atom. The topological polar surface area (TPSA) is 32.3 Å². The largest absolute Gasteiger partial charge is 0.373 e.